The molecule has 0 aliphatic rings. The topological polar surface area (TPSA) is 121 Å². The van der Waals surface area contributed by atoms with Crippen molar-refractivity contribution in [3.05, 3.63) is 36.6 Å². The Hall–Kier alpha value is -4.21. The Labute approximate surface area is 203 Å². The highest BCUT2D eigenvalue weighted by Crippen LogP contribution is 2.43. The summed E-state index contributed by atoms with van der Waals surface area (Å²) in [5.41, 5.74) is 3.06. The van der Waals surface area contributed by atoms with Gasteiger partial charge in [-0.2, -0.15) is 0 Å². The summed E-state index contributed by atoms with van der Waals surface area (Å²) in [5, 5.41) is 9.56. The zero-order valence-corrected chi connectivity index (χ0v) is 20.4. The van der Waals surface area contributed by atoms with Crippen LogP contribution in [0, 0.1) is 0 Å². The first-order chi connectivity index (χ1) is 16.9. The minimum Gasteiger partial charge on any atom is -0.495 e. The van der Waals surface area contributed by atoms with Gasteiger partial charge in [-0.1, -0.05) is 18.1 Å². The van der Waals surface area contributed by atoms with E-state index in [1.165, 1.54) is 34.7 Å². The Morgan fingerprint density at radius 3 is 2.17 bits per heavy atom. The van der Waals surface area contributed by atoms with Gasteiger partial charge in [0.05, 0.1) is 40.7 Å². The number of rotatable bonds is 11. The van der Waals surface area contributed by atoms with Gasteiger partial charge in [-0.15, -0.1) is 0 Å². The first kappa shape index (κ1) is 25.4. The molecule has 3 rings (SSSR count). The third-order valence-corrected chi connectivity index (χ3v) is 5.22. The van der Waals surface area contributed by atoms with Gasteiger partial charge in [0, 0.05) is 17.5 Å². The second-order valence-electron chi connectivity index (χ2n) is 7.48. The molecule has 0 bridgehead atoms. The zero-order valence-electron chi connectivity index (χ0n) is 20.4. The molecule has 2 N–H and O–H groups in total. The SMILES string of the molecule is CCCC(=O)NCC(=O)Nc1cc(-c2conc2-c2cc(OC)c(OC)c(OC)c2)ccc1OC. The van der Waals surface area contributed by atoms with Gasteiger partial charge in [0.15, 0.2) is 11.5 Å². The van der Waals surface area contributed by atoms with Gasteiger partial charge in [-0.25, -0.2) is 0 Å². The predicted molar refractivity (Wildman–Crippen MR) is 130 cm³/mol. The molecule has 0 aliphatic heterocycles. The van der Waals surface area contributed by atoms with Gasteiger partial charge < -0.3 is 34.1 Å². The number of benzene rings is 2. The van der Waals surface area contributed by atoms with E-state index in [1.807, 2.05) is 13.0 Å². The molecular weight excluding hydrogens is 454 g/mol. The molecule has 186 valence electrons. The molecule has 0 spiro atoms. The van der Waals surface area contributed by atoms with Crippen molar-refractivity contribution in [1.29, 1.82) is 0 Å². The predicted octanol–water partition coefficient (Wildman–Crippen LogP) is 3.90. The van der Waals surface area contributed by atoms with Gasteiger partial charge in [0.2, 0.25) is 17.6 Å². The number of methoxy groups -OCH3 is 4. The lowest BCUT2D eigenvalue weighted by Gasteiger charge is -2.14. The van der Waals surface area contributed by atoms with Crippen LogP contribution in [0.2, 0.25) is 0 Å². The fourth-order valence-corrected chi connectivity index (χ4v) is 3.53. The van der Waals surface area contributed by atoms with Crippen LogP contribution in [0.3, 0.4) is 0 Å². The Morgan fingerprint density at radius 1 is 0.886 bits per heavy atom. The Balaban J connectivity index is 1.94. The van der Waals surface area contributed by atoms with E-state index in [0.29, 0.717) is 58.3 Å². The van der Waals surface area contributed by atoms with Gasteiger partial charge in [0.25, 0.3) is 0 Å². The number of anilines is 1. The highest BCUT2D eigenvalue weighted by molar-refractivity contribution is 5.96. The van der Waals surface area contributed by atoms with Gasteiger partial charge in [-0.05, 0) is 36.2 Å². The van der Waals surface area contributed by atoms with Crippen LogP contribution in [0.5, 0.6) is 23.0 Å². The molecule has 10 heteroatoms. The summed E-state index contributed by atoms with van der Waals surface area (Å²) >= 11 is 0. The largest absolute Gasteiger partial charge is 0.495 e. The number of carbonyl (C=O) groups excluding carboxylic acids is 2. The Kier molecular flexibility index (Phi) is 8.55. The van der Waals surface area contributed by atoms with E-state index in [1.54, 1.807) is 24.3 Å². The first-order valence-corrected chi connectivity index (χ1v) is 10.9. The normalized spacial score (nSPS) is 10.4. The van der Waals surface area contributed by atoms with E-state index in [9.17, 15) is 9.59 Å². The highest BCUT2D eigenvalue weighted by Gasteiger charge is 2.20. The molecule has 0 aliphatic carbocycles. The van der Waals surface area contributed by atoms with Crippen LogP contribution in [0.4, 0.5) is 5.69 Å². The molecule has 0 unspecified atom stereocenters. The van der Waals surface area contributed by atoms with Crippen molar-refractivity contribution in [2.45, 2.75) is 19.8 Å². The highest BCUT2D eigenvalue weighted by atomic mass is 16.5. The molecule has 10 nitrogen and oxygen atoms in total. The number of hydrogen-bond donors (Lipinski definition) is 2. The summed E-state index contributed by atoms with van der Waals surface area (Å²) < 4.78 is 27.0. The number of nitrogens with one attached hydrogen (secondary N) is 2. The van der Waals surface area contributed by atoms with Crippen LogP contribution in [-0.4, -0.2) is 52.0 Å². The van der Waals surface area contributed by atoms with Crippen LogP contribution >= 0.6 is 0 Å². The maximum absolute atomic E-state index is 12.4. The van der Waals surface area contributed by atoms with Gasteiger partial charge in [0.1, 0.15) is 17.7 Å². The maximum Gasteiger partial charge on any atom is 0.243 e. The monoisotopic (exact) mass is 483 g/mol. The Morgan fingerprint density at radius 2 is 1.57 bits per heavy atom. The van der Waals surface area contributed by atoms with Gasteiger partial charge in [-0.3, -0.25) is 9.59 Å². The lowest BCUT2D eigenvalue weighted by molar-refractivity contribution is -0.124. The van der Waals surface area contributed by atoms with E-state index in [0.717, 1.165) is 5.56 Å². The molecule has 2 aromatic carbocycles. The second kappa shape index (κ2) is 11.8. The second-order valence-corrected chi connectivity index (χ2v) is 7.48. The minimum absolute atomic E-state index is 0.143. The molecule has 0 saturated heterocycles. The van der Waals surface area contributed by atoms with E-state index < -0.39 is 0 Å². The summed E-state index contributed by atoms with van der Waals surface area (Å²) in [5.74, 6) is 1.33. The van der Waals surface area contributed by atoms with Gasteiger partial charge >= 0.3 is 0 Å². The van der Waals surface area contributed by atoms with Crippen molar-refractivity contribution in [2.24, 2.45) is 0 Å². The Bertz CT molecular complexity index is 1160. The number of nitrogens with zero attached hydrogens (tertiary/aromatic N) is 1. The minimum atomic E-state index is -0.375. The third kappa shape index (κ3) is 5.84. The number of hydrogen-bond acceptors (Lipinski definition) is 8. The molecule has 0 radical (unpaired) electrons. The summed E-state index contributed by atoms with van der Waals surface area (Å²) in [4.78, 5) is 24.1. The molecule has 0 atom stereocenters. The average Bonchev–Trinajstić information content (AvgIpc) is 3.36. The molecule has 35 heavy (non-hydrogen) atoms. The fourth-order valence-electron chi connectivity index (χ4n) is 3.53. The van der Waals surface area contributed by atoms with Crippen molar-refractivity contribution < 1.29 is 33.1 Å². The fraction of sp³-hybridized carbons (Fsp3) is 0.320. The third-order valence-electron chi connectivity index (χ3n) is 5.22. The summed E-state index contributed by atoms with van der Waals surface area (Å²) in [6, 6.07) is 8.85. The number of carbonyl (C=O) groups is 2. The standard InChI is InChI=1S/C25H29N3O7/c1-6-7-22(29)26-13-23(30)27-18-10-15(8-9-19(18)31-2)17-14-35-28-24(17)16-11-20(32-3)25(34-5)21(12-16)33-4/h8-12,14H,6-7,13H2,1-5H3,(H,26,29)(H,27,30). The molecule has 1 aromatic heterocycles. The molecule has 0 fully saturated rings. The average molecular weight is 484 g/mol. The summed E-state index contributed by atoms with van der Waals surface area (Å²) in [6.45, 7) is 1.75. The van der Waals surface area contributed by atoms with E-state index in [2.05, 4.69) is 15.8 Å². The van der Waals surface area contributed by atoms with Crippen molar-refractivity contribution in [2.75, 3.05) is 40.3 Å². The smallest absolute Gasteiger partial charge is 0.243 e. The van der Waals surface area contributed by atoms with E-state index in [-0.39, 0.29) is 18.4 Å². The zero-order chi connectivity index (χ0) is 25.4. The lowest BCUT2D eigenvalue weighted by atomic mass is 10.0. The summed E-state index contributed by atoms with van der Waals surface area (Å²) in [6.07, 6.45) is 2.58. The van der Waals surface area contributed by atoms with Crippen molar-refractivity contribution in [3.8, 4) is 45.4 Å². The van der Waals surface area contributed by atoms with Crippen LogP contribution in [-0.2, 0) is 9.59 Å². The maximum atomic E-state index is 12.4. The number of amides is 2. The van der Waals surface area contributed by atoms with Crippen LogP contribution in [0.15, 0.2) is 41.1 Å². The van der Waals surface area contributed by atoms with Crippen LogP contribution in [0.1, 0.15) is 19.8 Å². The first-order valence-electron chi connectivity index (χ1n) is 10.9. The van der Waals surface area contributed by atoms with Crippen molar-refractivity contribution >= 4 is 17.5 Å². The lowest BCUT2D eigenvalue weighted by Crippen LogP contribution is -2.32. The molecule has 1 heterocycles. The van der Waals surface area contributed by atoms with Crippen LogP contribution < -0.4 is 29.6 Å². The molecule has 0 saturated carbocycles. The molecule has 3 aromatic rings. The van der Waals surface area contributed by atoms with Crippen molar-refractivity contribution in [1.82, 2.24) is 10.5 Å². The van der Waals surface area contributed by atoms with Crippen LogP contribution in [0.25, 0.3) is 22.4 Å². The summed E-state index contributed by atoms with van der Waals surface area (Å²) in [7, 11) is 6.11. The quantitative estimate of drug-likeness (QED) is 0.421. The number of aromatic nitrogens is 1. The number of ether oxygens (including phenoxy) is 4. The van der Waals surface area contributed by atoms with E-state index >= 15 is 0 Å². The molecular formula is C25H29N3O7. The van der Waals surface area contributed by atoms with Crippen molar-refractivity contribution in [3.63, 3.8) is 0 Å². The van der Waals surface area contributed by atoms with E-state index in [4.69, 9.17) is 23.5 Å². The molecule has 2 amide bonds.